The summed E-state index contributed by atoms with van der Waals surface area (Å²) in [6, 6.07) is 11.0. The third-order valence-electron chi connectivity index (χ3n) is 9.52. The Hall–Kier alpha value is -4.23. The van der Waals surface area contributed by atoms with Gasteiger partial charge < -0.3 is 18.8 Å². The van der Waals surface area contributed by atoms with E-state index in [1.165, 1.54) is 54.1 Å². The number of carbonyl (C=O) groups is 1. The van der Waals surface area contributed by atoms with Crippen molar-refractivity contribution in [3.05, 3.63) is 88.9 Å². The minimum atomic E-state index is -5.29. The number of alkyl halides is 3. The van der Waals surface area contributed by atoms with Gasteiger partial charge in [-0.1, -0.05) is 62.5 Å². The third kappa shape index (κ3) is 7.47. The van der Waals surface area contributed by atoms with Crippen molar-refractivity contribution in [3.63, 3.8) is 0 Å². The number of rotatable bonds is 14. The van der Waals surface area contributed by atoms with Crippen LogP contribution in [0.1, 0.15) is 56.1 Å². The van der Waals surface area contributed by atoms with E-state index in [9.17, 15) is 18.5 Å². The molecule has 0 saturated heterocycles. The quantitative estimate of drug-likeness (QED) is 0.0716. The fourth-order valence-corrected chi connectivity index (χ4v) is 9.11. The molecule has 0 aliphatic heterocycles. The molecular weight excluding hydrogens is 726 g/mol. The summed E-state index contributed by atoms with van der Waals surface area (Å²) < 4.78 is 95.6. The van der Waals surface area contributed by atoms with E-state index < -0.39 is 58.6 Å². The lowest BCUT2D eigenvalue weighted by molar-refractivity contribution is -0.270. The maximum atomic E-state index is 16.3. The van der Waals surface area contributed by atoms with Gasteiger partial charge in [-0.25, -0.2) is 22.2 Å². The summed E-state index contributed by atoms with van der Waals surface area (Å²) in [7, 11) is -5.84. The summed E-state index contributed by atoms with van der Waals surface area (Å²) in [5.41, 5.74) is -2.20. The van der Waals surface area contributed by atoms with Gasteiger partial charge in [-0.2, -0.15) is 18.4 Å². The van der Waals surface area contributed by atoms with E-state index in [2.05, 4.69) is 24.6 Å². The predicted octanol–water partition coefficient (Wildman–Crippen LogP) is 8.10. The Morgan fingerprint density at radius 3 is 2.51 bits per heavy atom. The molecule has 2 atom stereocenters. The molecule has 0 radical (unpaired) electrons. The maximum absolute atomic E-state index is 16.3. The Balaban J connectivity index is 1.83. The number of hydrogen-bond donors (Lipinski definition) is 0. The number of nitrogens with zero attached hydrogens (tertiary/aromatic N) is 4. The highest BCUT2D eigenvalue weighted by Crippen LogP contribution is 2.51. The zero-order chi connectivity index (χ0) is 39.0. The summed E-state index contributed by atoms with van der Waals surface area (Å²) in [4.78, 5) is 17.2. The number of hydrogen-bond acceptors (Lipinski definition) is 8. The highest BCUT2D eigenvalue weighted by molar-refractivity contribution is 7.91. The Morgan fingerprint density at radius 1 is 1.13 bits per heavy atom. The number of carbonyl (C=O) groups excluding carboxylic acids is 1. The van der Waals surface area contributed by atoms with Crippen LogP contribution in [0, 0.1) is 18.3 Å². The minimum absolute atomic E-state index is 0.0268. The summed E-state index contributed by atoms with van der Waals surface area (Å²) >= 11 is 0. The second kappa shape index (κ2) is 14.9. The Kier molecular flexibility index (Phi) is 11.2. The highest BCUT2D eigenvalue weighted by atomic mass is 32.2. The maximum Gasteiger partial charge on any atom is 0.429 e. The Morgan fingerprint density at radius 2 is 1.87 bits per heavy atom. The number of allylic oxidation sites excluding steroid dienone is 3. The molecule has 5 rings (SSSR count). The van der Waals surface area contributed by atoms with E-state index >= 15 is 13.2 Å². The van der Waals surface area contributed by atoms with Crippen molar-refractivity contribution in [2.24, 2.45) is 0 Å². The molecule has 0 saturated carbocycles. The monoisotopic (exact) mass is 770 g/mol. The first-order chi connectivity index (χ1) is 24.8. The molecule has 4 aromatic rings. The van der Waals surface area contributed by atoms with Crippen molar-refractivity contribution >= 4 is 46.0 Å². The molecule has 10 nitrogen and oxygen atoms in total. The molecule has 0 N–H and O–H groups in total. The number of nitriles is 1. The second-order valence-corrected chi connectivity index (χ2v) is 22.5. The van der Waals surface area contributed by atoms with Gasteiger partial charge in [0.15, 0.2) is 5.82 Å². The topological polar surface area (TPSA) is 125 Å². The van der Waals surface area contributed by atoms with Crippen LogP contribution in [0.15, 0.2) is 66.4 Å². The fraction of sp³-hybridized carbons (Fsp3) is 0.447. The van der Waals surface area contributed by atoms with E-state index in [0.717, 1.165) is 15.6 Å². The minimum Gasteiger partial charge on any atom is -0.464 e. The average molecular weight is 771 g/mol. The summed E-state index contributed by atoms with van der Waals surface area (Å²) in [5, 5.41) is 9.62. The van der Waals surface area contributed by atoms with Crippen LogP contribution in [0.5, 0.6) is 0 Å². The molecule has 2 heterocycles. The van der Waals surface area contributed by atoms with Gasteiger partial charge in [0.2, 0.25) is 15.6 Å². The van der Waals surface area contributed by atoms with Crippen LogP contribution < -0.4 is 0 Å². The van der Waals surface area contributed by atoms with Gasteiger partial charge in [-0.05, 0) is 69.5 Å². The molecule has 0 fully saturated rings. The van der Waals surface area contributed by atoms with Crippen LogP contribution in [-0.2, 0) is 41.4 Å². The lowest BCUT2D eigenvalue weighted by Crippen LogP contribution is -2.49. The SMILES string of the molecule is CCOC(=O)COC(c1ccc(C)c2c1ccn2S(=O)(=O)C1(C)C=C(CC)C=CC1)(c1nc2ccc(C#N)cc2n1COCC[Si](C)(C)C)C(F)(F)F. The van der Waals surface area contributed by atoms with E-state index in [0.29, 0.717) is 12.0 Å². The number of halogens is 3. The molecule has 0 amide bonds. The van der Waals surface area contributed by atoms with Crippen molar-refractivity contribution in [1.82, 2.24) is 13.5 Å². The van der Waals surface area contributed by atoms with Crippen LogP contribution in [0.25, 0.3) is 21.9 Å². The van der Waals surface area contributed by atoms with Gasteiger partial charge in [0, 0.05) is 31.8 Å². The third-order valence-corrected chi connectivity index (χ3v) is 13.5. The molecule has 0 spiro atoms. The number of ether oxygens (including phenoxy) is 3. The number of imidazole rings is 1. The van der Waals surface area contributed by atoms with Crippen LogP contribution in [0.3, 0.4) is 0 Å². The zero-order valence-electron chi connectivity index (χ0n) is 31.0. The molecule has 2 aromatic carbocycles. The van der Waals surface area contributed by atoms with Crippen LogP contribution in [-0.4, -0.2) is 66.7 Å². The van der Waals surface area contributed by atoms with Crippen molar-refractivity contribution in [2.45, 2.75) is 89.5 Å². The molecule has 53 heavy (non-hydrogen) atoms. The van der Waals surface area contributed by atoms with Crippen molar-refractivity contribution in [1.29, 1.82) is 5.26 Å². The van der Waals surface area contributed by atoms with E-state index in [1.54, 1.807) is 26.0 Å². The number of aromatic nitrogens is 3. The van der Waals surface area contributed by atoms with Gasteiger partial charge in [0.05, 0.1) is 34.8 Å². The van der Waals surface area contributed by atoms with E-state index in [4.69, 9.17) is 14.2 Å². The van der Waals surface area contributed by atoms with Gasteiger partial charge in [0.1, 0.15) is 18.1 Å². The summed E-state index contributed by atoms with van der Waals surface area (Å²) in [5.74, 6) is -1.70. The molecule has 2 unspecified atom stereocenters. The second-order valence-electron chi connectivity index (χ2n) is 14.6. The smallest absolute Gasteiger partial charge is 0.429 e. The molecule has 0 bridgehead atoms. The van der Waals surface area contributed by atoms with Crippen molar-refractivity contribution < 1.29 is 40.6 Å². The van der Waals surface area contributed by atoms with Crippen molar-refractivity contribution in [3.8, 4) is 6.07 Å². The normalized spacial score (nSPS) is 17.9. The lowest BCUT2D eigenvalue weighted by Gasteiger charge is -2.36. The van der Waals surface area contributed by atoms with Crippen LogP contribution in [0.4, 0.5) is 13.2 Å². The molecule has 2 aromatic heterocycles. The summed E-state index contributed by atoms with van der Waals surface area (Å²) in [6.07, 6.45) is 2.07. The largest absolute Gasteiger partial charge is 0.464 e. The Labute approximate surface area is 308 Å². The molecule has 1 aliphatic rings. The van der Waals surface area contributed by atoms with E-state index in [1.807, 2.05) is 19.1 Å². The van der Waals surface area contributed by atoms with Gasteiger partial charge in [0.25, 0.3) is 0 Å². The van der Waals surface area contributed by atoms with Crippen LogP contribution >= 0.6 is 0 Å². The zero-order valence-corrected chi connectivity index (χ0v) is 32.8. The Bertz CT molecular complexity index is 2250. The summed E-state index contributed by atoms with van der Waals surface area (Å²) in [6.45, 7) is 11.7. The predicted molar refractivity (Wildman–Crippen MR) is 200 cm³/mol. The van der Waals surface area contributed by atoms with Gasteiger partial charge in [-0.15, -0.1) is 0 Å². The average Bonchev–Trinajstić information content (AvgIpc) is 3.70. The van der Waals surface area contributed by atoms with Crippen molar-refractivity contribution in [2.75, 3.05) is 19.8 Å². The lowest BCUT2D eigenvalue weighted by atomic mass is 9.88. The molecule has 1 aliphatic carbocycles. The first-order valence-corrected chi connectivity index (χ1v) is 22.6. The molecule has 284 valence electrons. The molecular formula is C38H45F3N4O6SSi. The highest BCUT2D eigenvalue weighted by Gasteiger charge is 2.63. The van der Waals surface area contributed by atoms with Gasteiger partial charge in [-0.3, -0.25) is 0 Å². The number of fused-ring (bicyclic) bond motifs is 2. The van der Waals surface area contributed by atoms with Gasteiger partial charge >= 0.3 is 12.1 Å². The standard InChI is InChI=1S/C38H45F3N4O6SSi/c1-8-27-11-10-17-36(4,22-27)52(47,48)45-18-16-29-30(14-12-26(3)34(29)45)37(38(39,40)41,51-24-33(46)50-9-2)35-43-31-15-13-28(23-42)21-32(31)44(35)25-49-19-20-53(5,6)7/h10-16,18,21-22H,8-9,17,19-20,24-25H2,1-7H3. The first-order valence-electron chi connectivity index (χ1n) is 17.4. The first kappa shape index (κ1) is 40.0. The number of aryl methyl sites for hydroxylation is 1. The number of benzene rings is 2. The molecule has 15 heteroatoms. The van der Waals surface area contributed by atoms with Crippen LogP contribution in [0.2, 0.25) is 25.7 Å². The fourth-order valence-electron chi connectivity index (χ4n) is 6.59. The number of esters is 1. The van der Waals surface area contributed by atoms with E-state index in [-0.39, 0.29) is 53.9 Å².